The number of methoxy groups -OCH3 is 1. The van der Waals surface area contributed by atoms with Gasteiger partial charge in [0, 0.05) is 19.1 Å². The van der Waals surface area contributed by atoms with E-state index in [1.807, 2.05) is 62.9 Å². The second kappa shape index (κ2) is 9.27. The van der Waals surface area contributed by atoms with Crippen LogP contribution in [0.2, 0.25) is 0 Å². The van der Waals surface area contributed by atoms with Crippen molar-refractivity contribution in [2.75, 3.05) is 20.2 Å². The Bertz CT molecular complexity index is 526. The molecule has 0 aliphatic heterocycles. The summed E-state index contributed by atoms with van der Waals surface area (Å²) >= 11 is 0. The summed E-state index contributed by atoms with van der Waals surface area (Å²) in [4.78, 5) is 25.4. The topological polar surface area (TPSA) is 67.9 Å². The predicted molar refractivity (Wildman–Crippen MR) is 92.6 cm³/mol. The lowest BCUT2D eigenvalue weighted by Crippen LogP contribution is -2.45. The minimum absolute atomic E-state index is 0.158. The largest absolute Gasteiger partial charge is 0.468 e. The molecule has 0 aliphatic carbocycles. The Hall–Kier alpha value is -2.08. The van der Waals surface area contributed by atoms with Crippen molar-refractivity contribution in [3.05, 3.63) is 35.9 Å². The van der Waals surface area contributed by atoms with Gasteiger partial charge in [-0.1, -0.05) is 30.3 Å². The quantitative estimate of drug-likeness (QED) is 0.775. The van der Waals surface area contributed by atoms with E-state index in [0.717, 1.165) is 5.56 Å². The van der Waals surface area contributed by atoms with E-state index in [-0.39, 0.29) is 18.6 Å². The number of benzene rings is 1. The molecule has 0 fully saturated rings. The standard InChI is InChI=1S/C18H28N2O4/c1-14(19-17(22)24-18(2,3)4)11-20(13-16(21)23-5)12-15-9-7-6-8-10-15/h6-10,14H,11-13H2,1-5H3,(H,19,22)/t14-/m0/s1. The molecule has 0 radical (unpaired) electrons. The van der Waals surface area contributed by atoms with Gasteiger partial charge in [-0.15, -0.1) is 0 Å². The van der Waals surface area contributed by atoms with Gasteiger partial charge in [0.1, 0.15) is 5.60 Å². The summed E-state index contributed by atoms with van der Waals surface area (Å²) in [6.45, 7) is 8.58. The number of esters is 1. The summed E-state index contributed by atoms with van der Waals surface area (Å²) in [7, 11) is 1.37. The van der Waals surface area contributed by atoms with E-state index in [0.29, 0.717) is 13.1 Å². The molecule has 1 atom stereocenters. The van der Waals surface area contributed by atoms with E-state index in [1.54, 1.807) is 0 Å². The number of carbonyl (C=O) groups excluding carboxylic acids is 2. The van der Waals surface area contributed by atoms with Gasteiger partial charge in [0.15, 0.2) is 0 Å². The summed E-state index contributed by atoms with van der Waals surface area (Å²) in [5.74, 6) is -0.310. The average Bonchev–Trinajstić information content (AvgIpc) is 2.45. The third-order valence-electron chi connectivity index (χ3n) is 3.12. The highest BCUT2D eigenvalue weighted by atomic mass is 16.6. The molecular formula is C18H28N2O4. The van der Waals surface area contributed by atoms with Crippen LogP contribution in [0.1, 0.15) is 33.3 Å². The van der Waals surface area contributed by atoms with Gasteiger partial charge in [-0.2, -0.15) is 0 Å². The van der Waals surface area contributed by atoms with Crippen molar-refractivity contribution in [1.82, 2.24) is 10.2 Å². The highest BCUT2D eigenvalue weighted by molar-refractivity contribution is 5.71. The van der Waals surface area contributed by atoms with Gasteiger partial charge in [0.05, 0.1) is 13.7 Å². The molecule has 1 N–H and O–H groups in total. The molecule has 1 amide bonds. The Morgan fingerprint density at radius 3 is 2.38 bits per heavy atom. The van der Waals surface area contributed by atoms with Crippen molar-refractivity contribution >= 4 is 12.1 Å². The molecule has 0 spiro atoms. The molecule has 0 aromatic heterocycles. The van der Waals surface area contributed by atoms with Gasteiger partial charge in [0.2, 0.25) is 0 Å². The zero-order valence-corrected chi connectivity index (χ0v) is 15.2. The van der Waals surface area contributed by atoms with Crippen LogP contribution in [0.4, 0.5) is 4.79 Å². The van der Waals surface area contributed by atoms with Crippen LogP contribution in [0.25, 0.3) is 0 Å². The Balaban J connectivity index is 2.63. The molecular weight excluding hydrogens is 308 g/mol. The molecule has 0 heterocycles. The Morgan fingerprint density at radius 1 is 1.21 bits per heavy atom. The van der Waals surface area contributed by atoms with Gasteiger partial charge in [-0.3, -0.25) is 9.69 Å². The molecule has 134 valence electrons. The van der Waals surface area contributed by atoms with Gasteiger partial charge in [0.25, 0.3) is 0 Å². The van der Waals surface area contributed by atoms with Gasteiger partial charge in [-0.05, 0) is 33.3 Å². The summed E-state index contributed by atoms with van der Waals surface area (Å²) < 4.78 is 10.0. The van der Waals surface area contributed by atoms with Crippen LogP contribution < -0.4 is 5.32 Å². The minimum atomic E-state index is -0.542. The summed E-state index contributed by atoms with van der Waals surface area (Å²) in [5.41, 5.74) is 0.547. The third kappa shape index (κ3) is 8.53. The fourth-order valence-electron chi connectivity index (χ4n) is 2.22. The molecule has 6 heteroatoms. The fourth-order valence-corrected chi connectivity index (χ4v) is 2.22. The first-order valence-corrected chi connectivity index (χ1v) is 8.02. The molecule has 0 unspecified atom stereocenters. The van der Waals surface area contributed by atoms with E-state index in [1.165, 1.54) is 7.11 Å². The number of amides is 1. The van der Waals surface area contributed by atoms with Gasteiger partial charge < -0.3 is 14.8 Å². The predicted octanol–water partition coefficient (Wildman–Crippen LogP) is 2.57. The summed E-state index contributed by atoms with van der Waals surface area (Å²) in [5, 5.41) is 2.79. The molecule has 24 heavy (non-hydrogen) atoms. The van der Waals surface area contributed by atoms with Crippen LogP contribution in [0, 0.1) is 0 Å². The van der Waals surface area contributed by atoms with Crippen molar-refractivity contribution < 1.29 is 19.1 Å². The number of rotatable bonds is 7. The molecule has 0 aliphatic rings. The SMILES string of the molecule is COC(=O)CN(Cc1ccccc1)C[C@H](C)NC(=O)OC(C)(C)C. The van der Waals surface area contributed by atoms with Crippen molar-refractivity contribution in [2.45, 2.75) is 45.9 Å². The molecule has 1 aromatic rings. The van der Waals surface area contributed by atoms with Crippen LogP contribution in [0.15, 0.2) is 30.3 Å². The Kier molecular flexibility index (Phi) is 7.71. The first kappa shape index (κ1) is 20.0. The molecule has 1 aromatic carbocycles. The third-order valence-corrected chi connectivity index (χ3v) is 3.12. The maximum Gasteiger partial charge on any atom is 0.407 e. The van der Waals surface area contributed by atoms with Crippen LogP contribution >= 0.6 is 0 Å². The smallest absolute Gasteiger partial charge is 0.407 e. The van der Waals surface area contributed by atoms with E-state index in [4.69, 9.17) is 9.47 Å². The highest BCUT2D eigenvalue weighted by Gasteiger charge is 2.20. The molecule has 1 rings (SSSR count). The van der Waals surface area contributed by atoms with E-state index >= 15 is 0 Å². The van der Waals surface area contributed by atoms with Crippen molar-refractivity contribution in [1.29, 1.82) is 0 Å². The van der Waals surface area contributed by atoms with Crippen molar-refractivity contribution in [3.63, 3.8) is 0 Å². The second-order valence-electron chi connectivity index (χ2n) is 6.78. The number of nitrogens with one attached hydrogen (secondary N) is 1. The maximum atomic E-state index is 11.8. The minimum Gasteiger partial charge on any atom is -0.468 e. The van der Waals surface area contributed by atoms with Crippen molar-refractivity contribution in [3.8, 4) is 0 Å². The average molecular weight is 336 g/mol. The van der Waals surface area contributed by atoms with E-state index < -0.39 is 11.7 Å². The van der Waals surface area contributed by atoms with Crippen LogP contribution in [-0.2, 0) is 20.8 Å². The highest BCUT2D eigenvalue weighted by Crippen LogP contribution is 2.08. The van der Waals surface area contributed by atoms with Gasteiger partial charge >= 0.3 is 12.1 Å². The Morgan fingerprint density at radius 2 is 1.83 bits per heavy atom. The number of hydrogen-bond acceptors (Lipinski definition) is 5. The van der Waals surface area contributed by atoms with E-state index in [2.05, 4.69) is 5.32 Å². The summed E-state index contributed by atoms with van der Waals surface area (Å²) in [6.07, 6.45) is -0.465. The lowest BCUT2D eigenvalue weighted by atomic mass is 10.2. The van der Waals surface area contributed by atoms with Crippen LogP contribution in [0.3, 0.4) is 0 Å². The number of ether oxygens (including phenoxy) is 2. The first-order chi connectivity index (χ1) is 11.2. The molecule has 0 bridgehead atoms. The van der Waals surface area contributed by atoms with Gasteiger partial charge in [-0.25, -0.2) is 4.79 Å². The molecule has 0 saturated heterocycles. The van der Waals surface area contributed by atoms with E-state index in [9.17, 15) is 9.59 Å². The zero-order chi connectivity index (χ0) is 18.2. The summed E-state index contributed by atoms with van der Waals surface area (Å²) in [6, 6.07) is 9.67. The number of nitrogens with zero attached hydrogens (tertiary/aromatic N) is 1. The zero-order valence-electron chi connectivity index (χ0n) is 15.2. The number of hydrogen-bond donors (Lipinski definition) is 1. The maximum absolute atomic E-state index is 11.8. The molecule has 6 nitrogen and oxygen atoms in total. The second-order valence-corrected chi connectivity index (χ2v) is 6.78. The van der Waals surface area contributed by atoms with Crippen LogP contribution in [0.5, 0.6) is 0 Å². The molecule has 0 saturated carbocycles. The lowest BCUT2D eigenvalue weighted by Gasteiger charge is -2.26. The van der Waals surface area contributed by atoms with Crippen LogP contribution in [-0.4, -0.2) is 48.8 Å². The fraction of sp³-hybridized carbons (Fsp3) is 0.556. The monoisotopic (exact) mass is 336 g/mol. The normalized spacial score (nSPS) is 12.6. The van der Waals surface area contributed by atoms with Crippen molar-refractivity contribution in [2.24, 2.45) is 0 Å². The Labute approximate surface area is 144 Å². The first-order valence-electron chi connectivity index (χ1n) is 8.02. The lowest BCUT2D eigenvalue weighted by molar-refractivity contribution is -0.142. The number of alkyl carbamates (subject to hydrolysis) is 1. The number of carbonyl (C=O) groups is 2.